The van der Waals surface area contributed by atoms with E-state index in [1.54, 1.807) is 24.3 Å². The molecule has 2 aromatic carbocycles. The molecule has 0 aliphatic rings. The van der Waals surface area contributed by atoms with Gasteiger partial charge in [-0.1, -0.05) is 40.5 Å². The first-order chi connectivity index (χ1) is 10.1. The lowest BCUT2D eigenvalue weighted by Gasteiger charge is -2.17. The Bertz CT molecular complexity index is 616. The molecule has 0 saturated heterocycles. The predicted octanol–water partition coefficient (Wildman–Crippen LogP) is 4.90. The number of benzene rings is 2. The summed E-state index contributed by atoms with van der Waals surface area (Å²) in [5.74, 6) is 0.446. The molecule has 2 aromatic rings. The lowest BCUT2D eigenvalue weighted by molar-refractivity contribution is -0.122. The van der Waals surface area contributed by atoms with Crippen LogP contribution in [0.2, 0.25) is 5.02 Å². The molecule has 0 spiro atoms. The Morgan fingerprint density at radius 1 is 1.29 bits per heavy atom. The smallest absolute Gasteiger partial charge is 0.265 e. The standard InChI is InChI=1S/C16H15BrClNO2/c1-2-15(21-14-8-6-12(18)7-9-14)16(20)19-13-5-3-4-11(17)10-13/h3-10,15H,2H2,1H3,(H,19,20)/t15-/m0/s1. The molecule has 1 amide bonds. The molecule has 21 heavy (non-hydrogen) atoms. The molecule has 110 valence electrons. The molecule has 0 unspecified atom stereocenters. The third-order valence-corrected chi connectivity index (χ3v) is 3.59. The first-order valence-electron chi connectivity index (χ1n) is 6.57. The minimum Gasteiger partial charge on any atom is -0.481 e. The molecule has 0 radical (unpaired) electrons. The quantitative estimate of drug-likeness (QED) is 0.815. The van der Waals surface area contributed by atoms with Gasteiger partial charge in [0, 0.05) is 15.2 Å². The maximum atomic E-state index is 12.2. The minimum atomic E-state index is -0.551. The second kappa shape index (κ2) is 7.48. The average molecular weight is 369 g/mol. The van der Waals surface area contributed by atoms with E-state index in [0.717, 1.165) is 10.2 Å². The molecular weight excluding hydrogens is 354 g/mol. The van der Waals surface area contributed by atoms with Gasteiger partial charge in [-0.3, -0.25) is 4.79 Å². The van der Waals surface area contributed by atoms with Gasteiger partial charge in [-0.2, -0.15) is 0 Å². The van der Waals surface area contributed by atoms with E-state index in [-0.39, 0.29) is 5.91 Å². The highest BCUT2D eigenvalue weighted by Gasteiger charge is 2.18. The fourth-order valence-electron chi connectivity index (χ4n) is 1.79. The van der Waals surface area contributed by atoms with Gasteiger partial charge in [0.1, 0.15) is 5.75 Å². The van der Waals surface area contributed by atoms with Crippen LogP contribution in [0.5, 0.6) is 5.75 Å². The van der Waals surface area contributed by atoms with E-state index in [1.807, 2.05) is 31.2 Å². The molecule has 5 heteroatoms. The first-order valence-corrected chi connectivity index (χ1v) is 7.74. The van der Waals surface area contributed by atoms with Crippen molar-refractivity contribution in [3.63, 3.8) is 0 Å². The predicted molar refractivity (Wildman–Crippen MR) is 88.9 cm³/mol. The topological polar surface area (TPSA) is 38.3 Å². The Morgan fingerprint density at radius 2 is 2.00 bits per heavy atom. The summed E-state index contributed by atoms with van der Waals surface area (Å²) >= 11 is 9.20. The van der Waals surface area contributed by atoms with Crippen LogP contribution in [0.3, 0.4) is 0 Å². The van der Waals surface area contributed by atoms with Crippen LogP contribution < -0.4 is 10.1 Å². The zero-order chi connectivity index (χ0) is 15.2. The number of nitrogens with one attached hydrogen (secondary N) is 1. The molecule has 0 aliphatic heterocycles. The molecular formula is C16H15BrClNO2. The fourth-order valence-corrected chi connectivity index (χ4v) is 2.31. The summed E-state index contributed by atoms with van der Waals surface area (Å²) in [7, 11) is 0. The van der Waals surface area contributed by atoms with Gasteiger partial charge in [0.25, 0.3) is 5.91 Å². The first kappa shape index (κ1) is 15.9. The van der Waals surface area contributed by atoms with E-state index in [9.17, 15) is 4.79 Å². The van der Waals surface area contributed by atoms with E-state index in [0.29, 0.717) is 17.2 Å². The molecule has 0 bridgehead atoms. The fraction of sp³-hybridized carbons (Fsp3) is 0.188. The second-order valence-corrected chi connectivity index (χ2v) is 5.82. The molecule has 1 atom stereocenters. The summed E-state index contributed by atoms with van der Waals surface area (Å²) in [5, 5.41) is 3.48. The van der Waals surface area contributed by atoms with Gasteiger partial charge in [-0.05, 0) is 48.9 Å². The van der Waals surface area contributed by atoms with Crippen molar-refractivity contribution in [2.24, 2.45) is 0 Å². The number of rotatable bonds is 5. The molecule has 0 aliphatic carbocycles. The van der Waals surface area contributed by atoms with Gasteiger partial charge in [-0.25, -0.2) is 0 Å². The summed E-state index contributed by atoms with van der Waals surface area (Å²) in [5.41, 5.74) is 0.729. The monoisotopic (exact) mass is 367 g/mol. The normalized spacial score (nSPS) is 11.8. The van der Waals surface area contributed by atoms with E-state index >= 15 is 0 Å². The van der Waals surface area contributed by atoms with E-state index in [4.69, 9.17) is 16.3 Å². The zero-order valence-electron chi connectivity index (χ0n) is 11.5. The summed E-state index contributed by atoms with van der Waals surface area (Å²) in [6, 6.07) is 14.4. The van der Waals surface area contributed by atoms with E-state index in [1.165, 1.54) is 0 Å². The van der Waals surface area contributed by atoms with Gasteiger partial charge in [0.15, 0.2) is 6.10 Å². The van der Waals surface area contributed by atoms with Gasteiger partial charge in [0.05, 0.1) is 0 Å². The third-order valence-electron chi connectivity index (χ3n) is 2.85. The van der Waals surface area contributed by atoms with Crippen molar-refractivity contribution in [2.45, 2.75) is 19.4 Å². The minimum absolute atomic E-state index is 0.175. The average Bonchev–Trinajstić information content (AvgIpc) is 2.46. The molecule has 0 heterocycles. The molecule has 0 aromatic heterocycles. The van der Waals surface area contributed by atoms with Crippen molar-refractivity contribution in [2.75, 3.05) is 5.32 Å². The van der Waals surface area contributed by atoms with Crippen LogP contribution >= 0.6 is 27.5 Å². The van der Waals surface area contributed by atoms with Gasteiger partial charge in [-0.15, -0.1) is 0 Å². The van der Waals surface area contributed by atoms with Crippen molar-refractivity contribution in [1.82, 2.24) is 0 Å². The Kier molecular flexibility index (Phi) is 5.65. The number of hydrogen-bond acceptors (Lipinski definition) is 2. The zero-order valence-corrected chi connectivity index (χ0v) is 13.8. The number of ether oxygens (including phenoxy) is 1. The highest BCUT2D eigenvalue weighted by Crippen LogP contribution is 2.19. The van der Waals surface area contributed by atoms with Gasteiger partial charge < -0.3 is 10.1 Å². The Balaban J connectivity index is 2.03. The van der Waals surface area contributed by atoms with Crippen LogP contribution in [0, 0.1) is 0 Å². The third kappa shape index (κ3) is 4.76. The molecule has 0 fully saturated rings. The summed E-state index contributed by atoms with van der Waals surface area (Å²) < 4.78 is 6.61. The van der Waals surface area contributed by atoms with E-state index in [2.05, 4.69) is 21.2 Å². The number of anilines is 1. The van der Waals surface area contributed by atoms with Crippen molar-refractivity contribution in [1.29, 1.82) is 0 Å². The lowest BCUT2D eigenvalue weighted by Crippen LogP contribution is -2.32. The van der Waals surface area contributed by atoms with Crippen LogP contribution in [0.4, 0.5) is 5.69 Å². The summed E-state index contributed by atoms with van der Waals surface area (Å²) in [4.78, 5) is 12.2. The van der Waals surface area contributed by atoms with Crippen LogP contribution in [-0.2, 0) is 4.79 Å². The second-order valence-electron chi connectivity index (χ2n) is 4.47. The van der Waals surface area contributed by atoms with Crippen LogP contribution in [0.15, 0.2) is 53.0 Å². The van der Waals surface area contributed by atoms with Gasteiger partial charge >= 0.3 is 0 Å². The number of halogens is 2. The van der Waals surface area contributed by atoms with Crippen molar-refractivity contribution in [3.05, 3.63) is 58.0 Å². The van der Waals surface area contributed by atoms with Crippen LogP contribution in [0.1, 0.15) is 13.3 Å². The Morgan fingerprint density at radius 3 is 2.62 bits per heavy atom. The van der Waals surface area contributed by atoms with E-state index < -0.39 is 6.10 Å². The molecule has 0 saturated carbocycles. The number of carbonyl (C=O) groups is 1. The van der Waals surface area contributed by atoms with Crippen molar-refractivity contribution < 1.29 is 9.53 Å². The summed E-state index contributed by atoms with van der Waals surface area (Å²) in [6.07, 6.45) is 0.0211. The SMILES string of the molecule is CC[C@H](Oc1ccc(Cl)cc1)C(=O)Nc1cccc(Br)c1. The summed E-state index contributed by atoms with van der Waals surface area (Å²) in [6.45, 7) is 1.90. The highest BCUT2D eigenvalue weighted by atomic mass is 79.9. The maximum absolute atomic E-state index is 12.2. The number of amides is 1. The largest absolute Gasteiger partial charge is 0.481 e. The molecule has 2 rings (SSSR count). The number of hydrogen-bond donors (Lipinski definition) is 1. The lowest BCUT2D eigenvalue weighted by atomic mass is 10.2. The van der Waals surface area contributed by atoms with Crippen LogP contribution in [0.25, 0.3) is 0 Å². The van der Waals surface area contributed by atoms with Crippen molar-refractivity contribution in [3.8, 4) is 5.75 Å². The Hall–Kier alpha value is -1.52. The van der Waals surface area contributed by atoms with Gasteiger partial charge in [0.2, 0.25) is 0 Å². The highest BCUT2D eigenvalue weighted by molar-refractivity contribution is 9.10. The molecule has 1 N–H and O–H groups in total. The maximum Gasteiger partial charge on any atom is 0.265 e. The number of carbonyl (C=O) groups excluding carboxylic acids is 1. The van der Waals surface area contributed by atoms with Crippen molar-refractivity contribution >= 4 is 39.1 Å². The Labute approximate surface area is 137 Å². The molecule has 3 nitrogen and oxygen atoms in total. The van der Waals surface area contributed by atoms with Crippen LogP contribution in [-0.4, -0.2) is 12.0 Å².